The van der Waals surface area contributed by atoms with Crippen LogP contribution in [0.3, 0.4) is 0 Å². The Morgan fingerprint density at radius 2 is 1.74 bits per heavy atom. The molecule has 0 spiro atoms. The van der Waals surface area contributed by atoms with Crippen molar-refractivity contribution in [1.29, 1.82) is 0 Å². The first-order valence-corrected chi connectivity index (χ1v) is 10.5. The van der Waals surface area contributed by atoms with Gasteiger partial charge in [-0.1, -0.05) is 6.07 Å². The molecule has 2 aromatic rings. The summed E-state index contributed by atoms with van der Waals surface area (Å²) in [5, 5.41) is 0. The van der Waals surface area contributed by atoms with E-state index in [1.54, 1.807) is 40.1 Å². The Morgan fingerprint density at radius 3 is 2.39 bits per heavy atom. The molecule has 3 amide bonds. The molecule has 2 saturated heterocycles. The number of hydrogen-bond acceptors (Lipinski definition) is 5. The summed E-state index contributed by atoms with van der Waals surface area (Å²) in [6.45, 7) is 2.35. The molecule has 0 N–H and O–H groups in total. The highest BCUT2D eigenvalue weighted by molar-refractivity contribution is 6.00. The van der Waals surface area contributed by atoms with Crippen molar-refractivity contribution >= 4 is 23.4 Å². The van der Waals surface area contributed by atoms with Crippen LogP contribution in [0, 0.1) is 5.92 Å². The molecule has 1 unspecified atom stereocenters. The van der Waals surface area contributed by atoms with Gasteiger partial charge in [-0.15, -0.1) is 0 Å². The number of anilines is 1. The summed E-state index contributed by atoms with van der Waals surface area (Å²) in [5.41, 5.74) is 1.51. The number of amides is 3. The van der Waals surface area contributed by atoms with Gasteiger partial charge in [-0.2, -0.15) is 0 Å². The predicted octanol–water partition coefficient (Wildman–Crippen LogP) is 1.36. The molecule has 2 aliphatic rings. The fourth-order valence-corrected chi connectivity index (χ4v) is 4.09. The van der Waals surface area contributed by atoms with Crippen LogP contribution in [-0.2, 0) is 20.8 Å². The van der Waals surface area contributed by atoms with Gasteiger partial charge in [-0.25, -0.2) is 0 Å². The van der Waals surface area contributed by atoms with Crippen LogP contribution in [0.1, 0.15) is 12.1 Å². The van der Waals surface area contributed by atoms with Gasteiger partial charge in [0.25, 0.3) is 0 Å². The minimum Gasteiger partial charge on any atom is -0.497 e. The molecular weight excluding hydrogens is 396 g/mol. The Labute approximate surface area is 181 Å². The second-order valence-electron chi connectivity index (χ2n) is 7.81. The quantitative estimate of drug-likeness (QED) is 0.727. The molecule has 3 heterocycles. The van der Waals surface area contributed by atoms with Crippen molar-refractivity contribution in [2.45, 2.75) is 12.8 Å². The van der Waals surface area contributed by atoms with Crippen molar-refractivity contribution in [2.75, 3.05) is 44.7 Å². The molecule has 2 aliphatic heterocycles. The van der Waals surface area contributed by atoms with Crippen LogP contribution >= 0.6 is 0 Å². The van der Waals surface area contributed by atoms with Gasteiger partial charge in [0, 0.05) is 56.7 Å². The summed E-state index contributed by atoms with van der Waals surface area (Å²) < 4.78 is 5.16. The third kappa shape index (κ3) is 4.68. The molecule has 0 radical (unpaired) electrons. The molecule has 8 heteroatoms. The van der Waals surface area contributed by atoms with Crippen LogP contribution < -0.4 is 9.64 Å². The number of nitrogens with zero attached hydrogens (tertiary/aromatic N) is 4. The van der Waals surface area contributed by atoms with E-state index in [0.717, 1.165) is 17.1 Å². The molecule has 0 aliphatic carbocycles. The highest BCUT2D eigenvalue weighted by atomic mass is 16.5. The van der Waals surface area contributed by atoms with E-state index in [1.807, 2.05) is 30.3 Å². The molecule has 1 aromatic heterocycles. The van der Waals surface area contributed by atoms with E-state index in [9.17, 15) is 14.4 Å². The molecule has 0 bridgehead atoms. The lowest BCUT2D eigenvalue weighted by Gasteiger charge is -2.36. The fourth-order valence-electron chi connectivity index (χ4n) is 4.09. The normalized spacial score (nSPS) is 18.9. The van der Waals surface area contributed by atoms with Crippen LogP contribution in [0.4, 0.5) is 5.69 Å². The molecule has 31 heavy (non-hydrogen) atoms. The average molecular weight is 422 g/mol. The fraction of sp³-hybridized carbons (Fsp3) is 0.391. The number of aromatic nitrogens is 1. The maximum absolute atomic E-state index is 13.0. The maximum atomic E-state index is 13.0. The van der Waals surface area contributed by atoms with Crippen molar-refractivity contribution in [1.82, 2.24) is 14.8 Å². The smallest absolute Gasteiger partial charge is 0.228 e. The first-order valence-electron chi connectivity index (χ1n) is 10.5. The standard InChI is InChI=1S/C23H26N4O4/c1-31-20-7-5-19(6-8-20)27-16-17(14-22(27)29)23(30)26-12-10-25(11-13-26)21(28)15-18-4-2-3-9-24-18/h2-9,17H,10-16H2,1H3. The van der Waals surface area contributed by atoms with E-state index >= 15 is 0 Å². The second-order valence-corrected chi connectivity index (χ2v) is 7.81. The van der Waals surface area contributed by atoms with E-state index in [4.69, 9.17) is 4.74 Å². The number of piperazine rings is 1. The highest BCUT2D eigenvalue weighted by Gasteiger charge is 2.38. The van der Waals surface area contributed by atoms with Gasteiger partial charge in [0.2, 0.25) is 17.7 Å². The second kappa shape index (κ2) is 9.16. The molecule has 162 valence electrons. The van der Waals surface area contributed by atoms with Crippen LogP contribution in [0.15, 0.2) is 48.7 Å². The largest absolute Gasteiger partial charge is 0.497 e. The van der Waals surface area contributed by atoms with E-state index in [1.165, 1.54) is 0 Å². The molecule has 1 aromatic carbocycles. The molecule has 1 atom stereocenters. The van der Waals surface area contributed by atoms with Crippen molar-refractivity contribution in [3.8, 4) is 5.75 Å². The Bertz CT molecular complexity index is 940. The van der Waals surface area contributed by atoms with E-state index < -0.39 is 0 Å². The summed E-state index contributed by atoms with van der Waals surface area (Å²) in [5.74, 6) is 0.324. The van der Waals surface area contributed by atoms with Crippen LogP contribution in [0.5, 0.6) is 5.75 Å². The van der Waals surface area contributed by atoms with Crippen molar-refractivity contribution in [3.63, 3.8) is 0 Å². The van der Waals surface area contributed by atoms with Crippen LogP contribution in [-0.4, -0.2) is 72.3 Å². The summed E-state index contributed by atoms with van der Waals surface area (Å²) in [7, 11) is 1.59. The third-order valence-electron chi connectivity index (χ3n) is 5.86. The third-order valence-corrected chi connectivity index (χ3v) is 5.86. The van der Waals surface area contributed by atoms with Gasteiger partial charge in [0.1, 0.15) is 5.75 Å². The monoisotopic (exact) mass is 422 g/mol. The molecule has 8 nitrogen and oxygen atoms in total. The van der Waals surface area contributed by atoms with Crippen molar-refractivity contribution < 1.29 is 19.1 Å². The number of carbonyl (C=O) groups excluding carboxylic acids is 3. The van der Waals surface area contributed by atoms with Gasteiger partial charge < -0.3 is 19.4 Å². The minimum atomic E-state index is -0.356. The first-order chi connectivity index (χ1) is 15.0. The Hall–Kier alpha value is -3.42. The average Bonchev–Trinajstić information content (AvgIpc) is 3.21. The topological polar surface area (TPSA) is 83.1 Å². The van der Waals surface area contributed by atoms with Crippen molar-refractivity contribution in [3.05, 3.63) is 54.4 Å². The Balaban J connectivity index is 1.30. The molecule has 2 fully saturated rings. The van der Waals surface area contributed by atoms with E-state index in [2.05, 4.69) is 4.98 Å². The molecule has 4 rings (SSSR count). The minimum absolute atomic E-state index is 0.0128. The van der Waals surface area contributed by atoms with Crippen molar-refractivity contribution in [2.24, 2.45) is 5.92 Å². The highest BCUT2D eigenvalue weighted by Crippen LogP contribution is 2.28. The summed E-state index contributed by atoms with van der Waals surface area (Å²) in [6.07, 6.45) is 2.16. The van der Waals surface area contributed by atoms with Gasteiger partial charge in [0.15, 0.2) is 0 Å². The number of pyridine rings is 1. The van der Waals surface area contributed by atoms with E-state index in [-0.39, 0.29) is 36.5 Å². The predicted molar refractivity (Wildman–Crippen MR) is 115 cm³/mol. The van der Waals surface area contributed by atoms with Gasteiger partial charge in [0.05, 0.1) is 19.4 Å². The summed E-state index contributed by atoms with van der Waals surface area (Å²) >= 11 is 0. The summed E-state index contributed by atoms with van der Waals surface area (Å²) in [4.78, 5) is 47.4. The number of carbonyl (C=O) groups is 3. The Morgan fingerprint density at radius 1 is 1.03 bits per heavy atom. The number of ether oxygens (including phenoxy) is 1. The summed E-state index contributed by atoms with van der Waals surface area (Å²) in [6, 6.07) is 12.8. The number of benzene rings is 1. The maximum Gasteiger partial charge on any atom is 0.228 e. The lowest BCUT2D eigenvalue weighted by molar-refractivity contribution is -0.141. The zero-order valence-corrected chi connectivity index (χ0v) is 17.6. The molecular formula is C23H26N4O4. The SMILES string of the molecule is COc1ccc(N2CC(C(=O)N3CCN(C(=O)Cc4ccccn4)CC3)CC2=O)cc1. The zero-order chi connectivity index (χ0) is 21.8. The lowest BCUT2D eigenvalue weighted by atomic mass is 10.1. The number of rotatable bonds is 5. The van der Waals surface area contributed by atoms with Gasteiger partial charge in [-0.05, 0) is 36.4 Å². The lowest BCUT2D eigenvalue weighted by Crippen LogP contribution is -2.52. The van der Waals surface area contributed by atoms with Gasteiger partial charge >= 0.3 is 0 Å². The number of methoxy groups -OCH3 is 1. The van der Waals surface area contributed by atoms with E-state index in [0.29, 0.717) is 32.7 Å². The van der Waals surface area contributed by atoms with Crippen LogP contribution in [0.2, 0.25) is 0 Å². The zero-order valence-electron chi connectivity index (χ0n) is 17.6. The van der Waals surface area contributed by atoms with Crippen LogP contribution in [0.25, 0.3) is 0 Å². The molecule has 0 saturated carbocycles. The first kappa shape index (κ1) is 20.8. The Kier molecular flexibility index (Phi) is 6.16. The van der Waals surface area contributed by atoms with Gasteiger partial charge in [-0.3, -0.25) is 19.4 Å². The number of hydrogen-bond donors (Lipinski definition) is 0.